The molecule has 5 heteroatoms. The second kappa shape index (κ2) is 6.92. The minimum absolute atomic E-state index is 0.0362. The first-order valence-corrected chi connectivity index (χ1v) is 8.72. The van der Waals surface area contributed by atoms with Crippen molar-refractivity contribution < 1.29 is 4.79 Å². The zero-order chi connectivity index (χ0) is 15.4. The minimum atomic E-state index is -0.181. The number of carbonyl (C=O) groups is 1. The normalized spacial score (nSPS) is 15.3. The first-order chi connectivity index (χ1) is 10.8. The summed E-state index contributed by atoms with van der Waals surface area (Å²) in [7, 11) is 0. The molecule has 0 saturated heterocycles. The largest absolute Gasteiger partial charge is 0.331 e. The molecule has 1 heterocycles. The average Bonchev–Trinajstić information content (AvgIpc) is 3.28. The van der Waals surface area contributed by atoms with Crippen LogP contribution in [0, 0.1) is 0 Å². The highest BCUT2D eigenvalue weighted by Gasteiger charge is 2.26. The van der Waals surface area contributed by atoms with E-state index in [1.807, 2.05) is 23.6 Å². The molecule has 2 amide bonds. The molecule has 1 aromatic heterocycles. The number of nitrogens with one attached hydrogen (secondary N) is 2. The van der Waals surface area contributed by atoms with Crippen LogP contribution >= 0.6 is 11.3 Å². The minimum Gasteiger partial charge on any atom is -0.331 e. The fraction of sp³-hybridized carbons (Fsp3) is 0.412. The molecular formula is C17H21N3OS. The zero-order valence-electron chi connectivity index (χ0n) is 12.7. The van der Waals surface area contributed by atoms with Gasteiger partial charge in [-0.3, -0.25) is 5.32 Å². The number of carbonyl (C=O) groups excluding carboxylic acids is 1. The highest BCUT2D eigenvalue weighted by molar-refractivity contribution is 7.13. The van der Waals surface area contributed by atoms with E-state index in [4.69, 9.17) is 0 Å². The van der Waals surface area contributed by atoms with Crippen molar-refractivity contribution in [3.63, 3.8) is 0 Å². The van der Waals surface area contributed by atoms with Crippen LogP contribution in [0.3, 0.4) is 0 Å². The van der Waals surface area contributed by atoms with Crippen LogP contribution in [0.15, 0.2) is 35.7 Å². The molecule has 0 radical (unpaired) electrons. The lowest BCUT2D eigenvalue weighted by molar-refractivity contribution is 0.248. The third-order valence-electron chi connectivity index (χ3n) is 3.82. The summed E-state index contributed by atoms with van der Waals surface area (Å²) >= 11 is 1.50. The number of thiazole rings is 1. The number of aromatic nitrogens is 1. The van der Waals surface area contributed by atoms with Crippen molar-refractivity contribution in [1.29, 1.82) is 0 Å². The Morgan fingerprint density at radius 1 is 1.36 bits per heavy atom. The van der Waals surface area contributed by atoms with Gasteiger partial charge in [0.15, 0.2) is 5.13 Å². The summed E-state index contributed by atoms with van der Waals surface area (Å²) in [6, 6.07) is 9.94. The molecule has 4 nitrogen and oxygen atoms in total. The quantitative estimate of drug-likeness (QED) is 0.813. The van der Waals surface area contributed by atoms with Gasteiger partial charge in [-0.25, -0.2) is 9.78 Å². The summed E-state index contributed by atoms with van der Waals surface area (Å²) in [5, 5.41) is 8.65. The second-order valence-corrected chi connectivity index (χ2v) is 6.56. The van der Waals surface area contributed by atoms with Crippen molar-refractivity contribution in [3.8, 4) is 0 Å². The predicted molar refractivity (Wildman–Crippen MR) is 90.3 cm³/mol. The van der Waals surface area contributed by atoms with Gasteiger partial charge in [0.1, 0.15) is 0 Å². The molecule has 3 rings (SSSR count). The molecule has 1 unspecified atom stereocenters. The summed E-state index contributed by atoms with van der Waals surface area (Å²) in [5.74, 6) is 0.618. The van der Waals surface area contributed by atoms with Gasteiger partial charge in [0.05, 0.1) is 11.7 Å². The van der Waals surface area contributed by atoms with Gasteiger partial charge in [-0.1, -0.05) is 43.7 Å². The van der Waals surface area contributed by atoms with Crippen LogP contribution in [0.5, 0.6) is 0 Å². The number of rotatable bonds is 6. The Bertz CT molecular complexity index is 622. The summed E-state index contributed by atoms with van der Waals surface area (Å²) in [6.45, 7) is 2.12. The smallest absolute Gasteiger partial charge is 0.321 e. The van der Waals surface area contributed by atoms with Crippen LogP contribution in [0.2, 0.25) is 0 Å². The number of hydrogen-bond donors (Lipinski definition) is 2. The van der Waals surface area contributed by atoms with Crippen LogP contribution in [0.25, 0.3) is 0 Å². The maximum Gasteiger partial charge on any atom is 0.321 e. The van der Waals surface area contributed by atoms with Crippen molar-refractivity contribution >= 4 is 22.5 Å². The monoisotopic (exact) mass is 315 g/mol. The third-order valence-corrected chi connectivity index (χ3v) is 4.60. The van der Waals surface area contributed by atoms with E-state index < -0.39 is 0 Å². The van der Waals surface area contributed by atoms with E-state index in [2.05, 4.69) is 34.7 Å². The first kappa shape index (κ1) is 15.0. The summed E-state index contributed by atoms with van der Waals surface area (Å²) in [6.07, 6.45) is 4.38. The van der Waals surface area contributed by atoms with Crippen LogP contribution in [0.1, 0.15) is 55.8 Å². The lowest BCUT2D eigenvalue weighted by Gasteiger charge is -2.18. The Morgan fingerprint density at radius 3 is 2.82 bits per heavy atom. The standard InChI is InChI=1S/C17H21N3OS/c1-2-6-14(12-7-4-3-5-8-12)18-16(21)20-17-19-15(11-22-17)13-9-10-13/h3-5,7-8,11,13-14H,2,6,9-10H2,1H3,(H2,18,19,20,21). The number of urea groups is 1. The Labute approximate surface area is 135 Å². The topological polar surface area (TPSA) is 54.0 Å². The Hall–Kier alpha value is -1.88. The van der Waals surface area contributed by atoms with Crippen molar-refractivity contribution in [2.75, 3.05) is 5.32 Å². The Balaban J connectivity index is 1.60. The van der Waals surface area contributed by atoms with Gasteiger partial charge in [0.2, 0.25) is 0 Å². The maximum atomic E-state index is 12.2. The van der Waals surface area contributed by atoms with Crippen molar-refractivity contribution in [2.24, 2.45) is 0 Å². The highest BCUT2D eigenvalue weighted by atomic mass is 32.1. The molecule has 1 saturated carbocycles. The van der Waals surface area contributed by atoms with Crippen LogP contribution in [-0.2, 0) is 0 Å². The molecule has 1 aliphatic carbocycles. The summed E-state index contributed by atoms with van der Waals surface area (Å²) in [4.78, 5) is 16.7. The van der Waals surface area contributed by atoms with Gasteiger partial charge in [-0.15, -0.1) is 11.3 Å². The first-order valence-electron chi connectivity index (χ1n) is 7.84. The van der Waals surface area contributed by atoms with Gasteiger partial charge >= 0.3 is 6.03 Å². The second-order valence-electron chi connectivity index (χ2n) is 5.70. The zero-order valence-corrected chi connectivity index (χ0v) is 13.5. The molecule has 0 bridgehead atoms. The summed E-state index contributed by atoms with van der Waals surface area (Å²) in [5.41, 5.74) is 2.26. The number of nitrogens with zero attached hydrogens (tertiary/aromatic N) is 1. The van der Waals surface area contributed by atoms with E-state index in [0.29, 0.717) is 11.0 Å². The van der Waals surface area contributed by atoms with E-state index in [0.717, 1.165) is 24.1 Å². The van der Waals surface area contributed by atoms with Crippen molar-refractivity contribution in [1.82, 2.24) is 10.3 Å². The fourth-order valence-corrected chi connectivity index (χ4v) is 3.29. The highest BCUT2D eigenvalue weighted by Crippen LogP contribution is 2.40. The number of benzene rings is 1. The molecule has 22 heavy (non-hydrogen) atoms. The molecule has 2 aromatic rings. The average molecular weight is 315 g/mol. The van der Waals surface area contributed by atoms with Gasteiger partial charge in [0.25, 0.3) is 0 Å². The van der Waals surface area contributed by atoms with E-state index in [9.17, 15) is 4.79 Å². The molecule has 2 N–H and O–H groups in total. The lowest BCUT2D eigenvalue weighted by Crippen LogP contribution is -2.32. The molecule has 1 fully saturated rings. The lowest BCUT2D eigenvalue weighted by atomic mass is 10.0. The molecule has 0 aliphatic heterocycles. The van der Waals surface area contributed by atoms with Crippen LogP contribution in [-0.4, -0.2) is 11.0 Å². The molecule has 0 spiro atoms. The molecule has 1 aromatic carbocycles. The predicted octanol–water partition coefficient (Wildman–Crippen LogP) is 4.68. The van der Waals surface area contributed by atoms with Crippen LogP contribution in [0.4, 0.5) is 9.93 Å². The molecule has 1 atom stereocenters. The van der Waals surface area contributed by atoms with E-state index in [1.54, 1.807) is 0 Å². The molecule has 1 aliphatic rings. The van der Waals surface area contributed by atoms with E-state index >= 15 is 0 Å². The van der Waals surface area contributed by atoms with Gasteiger partial charge in [-0.05, 0) is 24.8 Å². The van der Waals surface area contributed by atoms with Crippen LogP contribution < -0.4 is 10.6 Å². The third kappa shape index (κ3) is 3.85. The van der Waals surface area contributed by atoms with Crippen molar-refractivity contribution in [3.05, 3.63) is 47.0 Å². The molecule has 116 valence electrons. The number of hydrogen-bond acceptors (Lipinski definition) is 3. The molecular weight excluding hydrogens is 294 g/mol. The fourth-order valence-electron chi connectivity index (χ4n) is 2.50. The van der Waals surface area contributed by atoms with Crippen molar-refractivity contribution in [2.45, 2.75) is 44.6 Å². The van der Waals surface area contributed by atoms with Gasteiger partial charge in [0, 0.05) is 11.3 Å². The summed E-state index contributed by atoms with van der Waals surface area (Å²) < 4.78 is 0. The number of anilines is 1. The number of amides is 2. The van der Waals surface area contributed by atoms with Gasteiger partial charge in [-0.2, -0.15) is 0 Å². The Kier molecular flexibility index (Phi) is 4.73. The Morgan fingerprint density at radius 2 is 2.14 bits per heavy atom. The van der Waals surface area contributed by atoms with Gasteiger partial charge < -0.3 is 5.32 Å². The SMILES string of the molecule is CCCC(NC(=O)Nc1nc(C2CC2)cs1)c1ccccc1. The maximum absolute atomic E-state index is 12.2. The van der Waals surface area contributed by atoms with E-state index in [1.165, 1.54) is 24.2 Å². The van der Waals surface area contributed by atoms with E-state index in [-0.39, 0.29) is 12.1 Å².